The van der Waals surface area contributed by atoms with E-state index in [2.05, 4.69) is 31.3 Å². The van der Waals surface area contributed by atoms with Crippen molar-refractivity contribution in [2.24, 2.45) is 0 Å². The van der Waals surface area contributed by atoms with E-state index in [0.717, 1.165) is 38.5 Å². The molecule has 0 fully saturated rings. The predicted octanol–water partition coefficient (Wildman–Crippen LogP) is 21.2. The number of amides is 1. The van der Waals surface area contributed by atoms with Gasteiger partial charge in [0, 0.05) is 12.8 Å². The average Bonchev–Trinajstić information content (AvgIpc) is 3.39. The summed E-state index contributed by atoms with van der Waals surface area (Å²) in [4.78, 5) is 24.5. The van der Waals surface area contributed by atoms with Crippen molar-refractivity contribution >= 4 is 11.9 Å². The number of allylic oxidation sites excluding steroid dienone is 2. The van der Waals surface area contributed by atoms with Gasteiger partial charge in [-0.15, -0.1) is 0 Å². The molecule has 0 aliphatic heterocycles. The van der Waals surface area contributed by atoms with Crippen LogP contribution in [0.3, 0.4) is 0 Å². The third kappa shape index (κ3) is 59.7. The van der Waals surface area contributed by atoms with Crippen LogP contribution < -0.4 is 5.32 Å². The van der Waals surface area contributed by atoms with Gasteiger partial charge in [0.15, 0.2) is 0 Å². The number of carbonyl (C=O) groups is 2. The molecule has 0 radical (unpaired) electrons. The van der Waals surface area contributed by atoms with Crippen LogP contribution in [-0.2, 0) is 14.3 Å². The van der Waals surface area contributed by atoms with E-state index in [9.17, 15) is 19.8 Å². The molecule has 0 aliphatic rings. The summed E-state index contributed by atoms with van der Waals surface area (Å²) in [7, 11) is 0. The van der Waals surface area contributed by atoms with Gasteiger partial charge in [-0.1, -0.05) is 328 Å². The maximum Gasteiger partial charge on any atom is 0.305 e. The molecular formula is C67H131NO5. The summed E-state index contributed by atoms with van der Waals surface area (Å²) in [6.45, 7) is 4.98. The molecule has 0 bridgehead atoms. The molecule has 0 spiro atoms. The summed E-state index contributed by atoms with van der Waals surface area (Å²) >= 11 is 0. The molecule has 0 aromatic carbocycles. The zero-order chi connectivity index (χ0) is 52.9. The Bertz CT molecular complexity index is 1100. The number of aliphatic hydroxyl groups excluding tert-OH is 2. The van der Waals surface area contributed by atoms with Gasteiger partial charge in [-0.2, -0.15) is 0 Å². The van der Waals surface area contributed by atoms with E-state index in [0.29, 0.717) is 25.9 Å². The second-order valence-electron chi connectivity index (χ2n) is 23.2. The number of unbranched alkanes of at least 4 members (excludes halogenated alkanes) is 50. The molecular weight excluding hydrogens is 899 g/mol. The highest BCUT2D eigenvalue weighted by atomic mass is 16.5. The van der Waals surface area contributed by atoms with Crippen LogP contribution in [0.1, 0.15) is 380 Å². The molecule has 1 amide bonds. The lowest BCUT2D eigenvalue weighted by molar-refractivity contribution is -0.143. The highest BCUT2D eigenvalue weighted by Crippen LogP contribution is 2.19. The molecule has 2 unspecified atom stereocenters. The van der Waals surface area contributed by atoms with E-state index < -0.39 is 12.1 Å². The van der Waals surface area contributed by atoms with Gasteiger partial charge in [0.05, 0.1) is 25.4 Å². The molecule has 0 aromatic rings. The first-order valence-electron chi connectivity index (χ1n) is 33.4. The van der Waals surface area contributed by atoms with Crippen molar-refractivity contribution in [1.82, 2.24) is 5.32 Å². The van der Waals surface area contributed by atoms with E-state index in [1.165, 1.54) is 308 Å². The Labute approximate surface area is 457 Å². The molecule has 0 rings (SSSR count). The monoisotopic (exact) mass is 1030 g/mol. The molecule has 3 N–H and O–H groups in total. The number of ether oxygens (including phenoxy) is 1. The maximum atomic E-state index is 12.5. The Morgan fingerprint density at radius 1 is 0.370 bits per heavy atom. The lowest BCUT2D eigenvalue weighted by atomic mass is 10.0. The third-order valence-electron chi connectivity index (χ3n) is 15.8. The van der Waals surface area contributed by atoms with Crippen LogP contribution in [0.4, 0.5) is 0 Å². The van der Waals surface area contributed by atoms with Crippen LogP contribution in [0.2, 0.25) is 0 Å². The fraction of sp³-hybridized carbons (Fsp3) is 0.940. The van der Waals surface area contributed by atoms with Crippen LogP contribution in [0.15, 0.2) is 12.2 Å². The number of hydrogen-bond acceptors (Lipinski definition) is 5. The second-order valence-corrected chi connectivity index (χ2v) is 23.2. The maximum absolute atomic E-state index is 12.5. The summed E-state index contributed by atoms with van der Waals surface area (Å²) in [6, 6.07) is -0.540. The van der Waals surface area contributed by atoms with Crippen LogP contribution in [0.5, 0.6) is 0 Å². The van der Waals surface area contributed by atoms with Gasteiger partial charge in [0.1, 0.15) is 0 Å². The molecule has 0 aromatic heterocycles. The van der Waals surface area contributed by atoms with Crippen LogP contribution in [-0.4, -0.2) is 47.4 Å². The number of carbonyl (C=O) groups excluding carboxylic acids is 2. The standard InChI is InChI=1S/C67H131NO5/c1-3-5-7-9-11-13-15-17-33-36-39-43-47-51-55-59-65(70)64(63-69)68-66(71)60-56-52-48-44-40-37-34-31-29-27-25-23-21-19-18-20-22-24-26-28-30-32-35-38-42-46-50-54-58-62-73-67(72)61-57-53-49-45-41-16-14-12-10-8-6-4-2/h18,20,64-65,69-70H,3-17,19,21-63H2,1-2H3,(H,68,71)/b20-18-. The first kappa shape index (κ1) is 71.6. The van der Waals surface area contributed by atoms with E-state index in [1.807, 2.05) is 0 Å². The zero-order valence-electron chi connectivity index (χ0n) is 49.6. The van der Waals surface area contributed by atoms with Crippen molar-refractivity contribution in [2.45, 2.75) is 392 Å². The summed E-state index contributed by atoms with van der Waals surface area (Å²) in [5.74, 6) is -0.0133. The minimum Gasteiger partial charge on any atom is -0.466 e. The largest absolute Gasteiger partial charge is 0.466 e. The second kappa shape index (κ2) is 63.1. The van der Waals surface area contributed by atoms with Gasteiger partial charge in [-0.25, -0.2) is 0 Å². The Balaban J connectivity index is 3.36. The molecule has 6 heteroatoms. The lowest BCUT2D eigenvalue weighted by Crippen LogP contribution is -2.45. The summed E-state index contributed by atoms with van der Waals surface area (Å²) in [6.07, 6.45) is 76.8. The minimum absolute atomic E-state index is 0.0179. The van der Waals surface area contributed by atoms with E-state index in [4.69, 9.17) is 4.74 Å². The van der Waals surface area contributed by atoms with Crippen molar-refractivity contribution in [2.75, 3.05) is 13.2 Å². The highest BCUT2D eigenvalue weighted by Gasteiger charge is 2.20. The first-order valence-corrected chi connectivity index (χ1v) is 33.4. The molecule has 0 aliphatic carbocycles. The Morgan fingerprint density at radius 3 is 0.973 bits per heavy atom. The van der Waals surface area contributed by atoms with Crippen molar-refractivity contribution in [1.29, 1.82) is 0 Å². The average molecular weight is 1030 g/mol. The van der Waals surface area contributed by atoms with Crippen LogP contribution in [0.25, 0.3) is 0 Å². The number of esters is 1. The first-order chi connectivity index (χ1) is 36.0. The smallest absolute Gasteiger partial charge is 0.305 e. The summed E-state index contributed by atoms with van der Waals surface area (Å²) in [5, 5.41) is 23.3. The molecule has 0 saturated carbocycles. The normalized spacial score (nSPS) is 12.5. The molecule has 73 heavy (non-hydrogen) atoms. The van der Waals surface area contributed by atoms with Gasteiger partial charge in [0.2, 0.25) is 5.91 Å². The number of hydrogen-bond donors (Lipinski definition) is 3. The fourth-order valence-electron chi connectivity index (χ4n) is 10.7. The van der Waals surface area contributed by atoms with Gasteiger partial charge in [-0.05, 0) is 51.4 Å². The van der Waals surface area contributed by atoms with Gasteiger partial charge < -0.3 is 20.3 Å². The molecule has 434 valence electrons. The van der Waals surface area contributed by atoms with Crippen molar-refractivity contribution in [3.05, 3.63) is 12.2 Å². The molecule has 2 atom stereocenters. The number of nitrogens with one attached hydrogen (secondary N) is 1. The molecule has 6 nitrogen and oxygen atoms in total. The molecule has 0 saturated heterocycles. The quantitative estimate of drug-likeness (QED) is 0.0320. The van der Waals surface area contributed by atoms with Crippen LogP contribution in [0, 0.1) is 0 Å². The minimum atomic E-state index is -0.662. The van der Waals surface area contributed by atoms with Gasteiger partial charge in [0.25, 0.3) is 0 Å². The molecule has 0 heterocycles. The predicted molar refractivity (Wildman–Crippen MR) is 320 cm³/mol. The Hall–Kier alpha value is -1.40. The van der Waals surface area contributed by atoms with Gasteiger partial charge in [-0.3, -0.25) is 9.59 Å². The number of aliphatic hydroxyl groups is 2. The van der Waals surface area contributed by atoms with E-state index in [1.54, 1.807) is 0 Å². The van der Waals surface area contributed by atoms with E-state index in [-0.39, 0.29) is 18.5 Å². The Morgan fingerprint density at radius 2 is 0.644 bits per heavy atom. The van der Waals surface area contributed by atoms with Crippen molar-refractivity contribution < 1.29 is 24.5 Å². The topological polar surface area (TPSA) is 95.9 Å². The fourth-order valence-corrected chi connectivity index (χ4v) is 10.7. The van der Waals surface area contributed by atoms with Gasteiger partial charge >= 0.3 is 5.97 Å². The van der Waals surface area contributed by atoms with Crippen molar-refractivity contribution in [3.63, 3.8) is 0 Å². The van der Waals surface area contributed by atoms with Crippen molar-refractivity contribution in [3.8, 4) is 0 Å². The third-order valence-corrected chi connectivity index (χ3v) is 15.8. The Kier molecular flexibility index (Phi) is 61.9. The summed E-state index contributed by atoms with van der Waals surface area (Å²) in [5.41, 5.74) is 0. The highest BCUT2D eigenvalue weighted by molar-refractivity contribution is 5.76. The van der Waals surface area contributed by atoms with Crippen LogP contribution >= 0.6 is 0 Å². The van der Waals surface area contributed by atoms with E-state index >= 15 is 0 Å². The zero-order valence-corrected chi connectivity index (χ0v) is 49.6. The number of rotatable bonds is 63. The SMILES string of the molecule is CCCCCCCCCCCCCCCCCC(O)C(CO)NC(=O)CCCCCCCCCCCCCCC/C=C\CCCCCCCCCCCCCCOC(=O)CCCCCCCCCCCCCC. The lowest BCUT2D eigenvalue weighted by Gasteiger charge is -2.22. The summed E-state index contributed by atoms with van der Waals surface area (Å²) < 4.78 is 5.48.